The molecule has 3 N–H and O–H groups in total. The SMILES string of the molecule is CNC(=O)c1ccc(-n2c(NC(C)C)nc3c(c2=O)C[C@@H](C)N(C(=O)c2cc4ccc(Br)c(F)c4[nH]2)C3)cc1. The molecule has 0 saturated heterocycles. The van der Waals surface area contributed by atoms with Crippen LogP contribution in [0.3, 0.4) is 0 Å². The van der Waals surface area contributed by atoms with Gasteiger partial charge in [-0.1, -0.05) is 6.07 Å². The Kier molecular flexibility index (Phi) is 7.02. The summed E-state index contributed by atoms with van der Waals surface area (Å²) in [4.78, 5) is 48.7. The summed E-state index contributed by atoms with van der Waals surface area (Å²) in [5.74, 6) is -0.629. The van der Waals surface area contributed by atoms with Gasteiger partial charge >= 0.3 is 0 Å². The number of amides is 2. The number of carbonyl (C=O) groups is 2. The molecule has 0 unspecified atom stereocenters. The van der Waals surface area contributed by atoms with E-state index in [1.807, 2.05) is 20.8 Å². The molecule has 0 bridgehead atoms. The number of aromatic nitrogens is 3. The third-order valence-electron chi connectivity index (χ3n) is 6.82. The van der Waals surface area contributed by atoms with Gasteiger partial charge < -0.3 is 20.5 Å². The van der Waals surface area contributed by atoms with E-state index < -0.39 is 5.82 Å². The number of aromatic amines is 1. The molecular formula is C28H28BrFN6O3. The number of hydrogen-bond donors (Lipinski definition) is 3. The van der Waals surface area contributed by atoms with Crippen LogP contribution in [0.5, 0.6) is 0 Å². The highest BCUT2D eigenvalue weighted by molar-refractivity contribution is 9.10. The van der Waals surface area contributed by atoms with Crippen LogP contribution < -0.4 is 16.2 Å². The molecule has 1 aliphatic rings. The molecule has 0 aliphatic carbocycles. The van der Waals surface area contributed by atoms with E-state index in [0.29, 0.717) is 44.7 Å². The van der Waals surface area contributed by atoms with Crippen molar-refractivity contribution >= 4 is 44.6 Å². The number of halogens is 2. The van der Waals surface area contributed by atoms with Crippen LogP contribution in [0.4, 0.5) is 10.3 Å². The van der Waals surface area contributed by atoms with Gasteiger partial charge in [-0.15, -0.1) is 0 Å². The minimum absolute atomic E-state index is 0.0211. The van der Waals surface area contributed by atoms with Crippen molar-refractivity contribution in [2.45, 2.75) is 45.8 Å². The van der Waals surface area contributed by atoms with E-state index in [9.17, 15) is 18.8 Å². The van der Waals surface area contributed by atoms with Crippen LogP contribution in [0, 0.1) is 5.82 Å². The zero-order valence-corrected chi connectivity index (χ0v) is 23.5. The topological polar surface area (TPSA) is 112 Å². The van der Waals surface area contributed by atoms with Crippen molar-refractivity contribution in [1.29, 1.82) is 0 Å². The fraction of sp³-hybridized carbons (Fsp3) is 0.286. The maximum absolute atomic E-state index is 14.6. The second-order valence-corrected chi connectivity index (χ2v) is 10.8. The van der Waals surface area contributed by atoms with Crippen molar-refractivity contribution in [3.63, 3.8) is 0 Å². The minimum Gasteiger partial charge on any atom is -0.355 e. The number of H-pyrrole nitrogens is 1. The van der Waals surface area contributed by atoms with Crippen LogP contribution in [-0.2, 0) is 13.0 Å². The Morgan fingerprint density at radius 2 is 1.90 bits per heavy atom. The third-order valence-corrected chi connectivity index (χ3v) is 7.44. The number of benzene rings is 2. The Labute approximate surface area is 232 Å². The second-order valence-electron chi connectivity index (χ2n) is 9.92. The zero-order chi connectivity index (χ0) is 28.0. The van der Waals surface area contributed by atoms with E-state index >= 15 is 0 Å². The number of carbonyl (C=O) groups excluding carboxylic acids is 2. The number of nitrogens with zero attached hydrogens (tertiary/aromatic N) is 3. The summed E-state index contributed by atoms with van der Waals surface area (Å²) in [6, 6.07) is 11.4. The Hall–Kier alpha value is -3.99. The summed E-state index contributed by atoms with van der Waals surface area (Å²) in [7, 11) is 1.56. The highest BCUT2D eigenvalue weighted by Gasteiger charge is 2.32. The van der Waals surface area contributed by atoms with E-state index in [4.69, 9.17) is 4.98 Å². The summed E-state index contributed by atoms with van der Waals surface area (Å²) in [6.07, 6.45) is 0.311. The first-order valence-corrected chi connectivity index (χ1v) is 13.4. The first-order chi connectivity index (χ1) is 18.6. The predicted octanol–water partition coefficient (Wildman–Crippen LogP) is 4.38. The molecule has 9 nitrogen and oxygen atoms in total. The smallest absolute Gasteiger partial charge is 0.270 e. The normalized spacial score (nSPS) is 14.9. The van der Waals surface area contributed by atoms with Gasteiger partial charge in [-0.05, 0) is 79.5 Å². The molecule has 3 heterocycles. The first-order valence-electron chi connectivity index (χ1n) is 12.6. The van der Waals surface area contributed by atoms with Crippen LogP contribution >= 0.6 is 15.9 Å². The summed E-state index contributed by atoms with van der Waals surface area (Å²) < 4.78 is 16.4. The molecule has 11 heteroatoms. The van der Waals surface area contributed by atoms with Gasteiger partial charge in [0, 0.05) is 35.6 Å². The molecule has 0 radical (unpaired) electrons. The molecule has 202 valence electrons. The lowest BCUT2D eigenvalue weighted by Gasteiger charge is -2.34. The van der Waals surface area contributed by atoms with E-state index in [1.54, 1.807) is 54.4 Å². The largest absolute Gasteiger partial charge is 0.355 e. The number of hydrogen-bond acceptors (Lipinski definition) is 5. The number of anilines is 1. The van der Waals surface area contributed by atoms with Gasteiger partial charge in [0.25, 0.3) is 17.4 Å². The fourth-order valence-corrected chi connectivity index (χ4v) is 5.17. The molecule has 1 aliphatic heterocycles. The Morgan fingerprint density at radius 3 is 2.56 bits per heavy atom. The highest BCUT2D eigenvalue weighted by atomic mass is 79.9. The molecule has 0 saturated carbocycles. The van der Waals surface area contributed by atoms with E-state index in [2.05, 4.69) is 31.5 Å². The van der Waals surface area contributed by atoms with Gasteiger partial charge in [0.1, 0.15) is 5.69 Å². The third kappa shape index (κ3) is 4.82. The van der Waals surface area contributed by atoms with Gasteiger partial charge in [-0.3, -0.25) is 14.4 Å². The first kappa shape index (κ1) is 26.6. The molecule has 5 rings (SSSR count). The summed E-state index contributed by atoms with van der Waals surface area (Å²) in [5, 5.41) is 6.42. The summed E-state index contributed by atoms with van der Waals surface area (Å²) >= 11 is 3.18. The average molecular weight is 595 g/mol. The number of rotatable bonds is 5. The van der Waals surface area contributed by atoms with Gasteiger partial charge in [0.05, 0.1) is 27.9 Å². The van der Waals surface area contributed by atoms with Gasteiger partial charge in [-0.2, -0.15) is 0 Å². The minimum atomic E-state index is -0.460. The molecule has 2 aromatic heterocycles. The Bertz CT molecular complexity index is 1660. The van der Waals surface area contributed by atoms with Gasteiger partial charge in [-0.25, -0.2) is 13.9 Å². The molecular weight excluding hydrogens is 567 g/mol. The molecule has 1 atom stereocenters. The van der Waals surface area contributed by atoms with Crippen LogP contribution in [0.25, 0.3) is 16.6 Å². The monoisotopic (exact) mass is 594 g/mol. The van der Waals surface area contributed by atoms with Crippen LogP contribution in [-0.4, -0.2) is 50.4 Å². The summed E-state index contributed by atoms with van der Waals surface area (Å²) in [5.41, 5.74) is 2.38. The molecule has 0 fully saturated rings. The Morgan fingerprint density at radius 1 is 1.18 bits per heavy atom. The lowest BCUT2D eigenvalue weighted by atomic mass is 9.99. The predicted molar refractivity (Wildman–Crippen MR) is 151 cm³/mol. The lowest BCUT2D eigenvalue weighted by Crippen LogP contribution is -2.46. The highest BCUT2D eigenvalue weighted by Crippen LogP contribution is 2.28. The van der Waals surface area contributed by atoms with Crippen LogP contribution in [0.15, 0.2) is 51.7 Å². The fourth-order valence-electron chi connectivity index (χ4n) is 4.84. The molecule has 4 aromatic rings. The van der Waals surface area contributed by atoms with Crippen molar-refractivity contribution in [2.24, 2.45) is 0 Å². The van der Waals surface area contributed by atoms with Crippen molar-refractivity contribution in [3.8, 4) is 5.69 Å². The molecule has 2 aromatic carbocycles. The maximum Gasteiger partial charge on any atom is 0.270 e. The van der Waals surface area contributed by atoms with E-state index in [1.165, 1.54) is 4.57 Å². The molecule has 0 spiro atoms. The standard InChI is InChI=1S/C28H28BrFN6O3/c1-14(2)32-28-34-22-13-35(27(39)21-12-17-7-10-20(29)23(30)24(17)33-21)15(3)11-19(22)26(38)36(28)18-8-5-16(6-9-18)25(37)31-4/h5-10,12,14-15,33H,11,13H2,1-4H3,(H,31,37)(H,32,34)/t15-/m1/s1. The van der Waals surface area contributed by atoms with E-state index in [-0.39, 0.29) is 47.2 Å². The number of fused-ring (bicyclic) bond motifs is 2. The lowest BCUT2D eigenvalue weighted by molar-refractivity contribution is 0.0648. The van der Waals surface area contributed by atoms with E-state index in [0.717, 1.165) is 0 Å². The van der Waals surface area contributed by atoms with Gasteiger partial charge in [0.2, 0.25) is 5.95 Å². The van der Waals surface area contributed by atoms with Crippen LogP contribution in [0.2, 0.25) is 0 Å². The van der Waals surface area contributed by atoms with Crippen molar-refractivity contribution in [3.05, 3.63) is 85.6 Å². The van der Waals surface area contributed by atoms with Crippen molar-refractivity contribution in [1.82, 2.24) is 24.8 Å². The Balaban J connectivity index is 1.53. The zero-order valence-electron chi connectivity index (χ0n) is 21.9. The van der Waals surface area contributed by atoms with Gasteiger partial charge in [0.15, 0.2) is 5.82 Å². The number of nitrogens with one attached hydrogen (secondary N) is 3. The molecule has 2 amide bonds. The second kappa shape index (κ2) is 10.3. The van der Waals surface area contributed by atoms with Crippen molar-refractivity contribution in [2.75, 3.05) is 12.4 Å². The van der Waals surface area contributed by atoms with Crippen molar-refractivity contribution < 1.29 is 14.0 Å². The van der Waals surface area contributed by atoms with Crippen LogP contribution in [0.1, 0.15) is 52.9 Å². The summed E-state index contributed by atoms with van der Waals surface area (Å²) in [6.45, 7) is 5.89. The maximum atomic E-state index is 14.6. The molecule has 39 heavy (non-hydrogen) atoms. The average Bonchev–Trinajstić information content (AvgIpc) is 3.35. The quantitative estimate of drug-likeness (QED) is 0.317.